The van der Waals surface area contributed by atoms with Gasteiger partial charge in [0.25, 0.3) is 5.91 Å². The predicted octanol–water partition coefficient (Wildman–Crippen LogP) is 4.31. The lowest BCUT2D eigenvalue weighted by molar-refractivity contribution is -0.128. The first-order chi connectivity index (χ1) is 16.3. The van der Waals surface area contributed by atoms with Gasteiger partial charge in [-0.3, -0.25) is 14.5 Å². The highest BCUT2D eigenvalue weighted by Gasteiger charge is 2.40. The molecule has 2 heterocycles. The Labute approximate surface area is 211 Å². The van der Waals surface area contributed by atoms with Crippen molar-refractivity contribution in [2.45, 2.75) is 56.8 Å². The van der Waals surface area contributed by atoms with Crippen molar-refractivity contribution >= 4 is 35.0 Å². The number of nitrogens with zero attached hydrogens (tertiary/aromatic N) is 2. The van der Waals surface area contributed by atoms with Gasteiger partial charge in [0.15, 0.2) is 6.61 Å². The first kappa shape index (κ1) is 24.8. The molecular formula is C26H31Cl2N3O3. The minimum Gasteiger partial charge on any atom is -0.483 e. The van der Waals surface area contributed by atoms with Crippen LogP contribution in [0.3, 0.4) is 0 Å². The Bertz CT molecular complexity index is 1010. The lowest BCUT2D eigenvalue weighted by Gasteiger charge is -2.39. The number of rotatable bonds is 8. The normalized spacial score (nSPS) is 21.8. The van der Waals surface area contributed by atoms with Crippen LogP contribution in [0.5, 0.6) is 5.75 Å². The van der Waals surface area contributed by atoms with Crippen molar-refractivity contribution in [3.05, 3.63) is 63.6 Å². The van der Waals surface area contributed by atoms with Gasteiger partial charge in [-0.2, -0.15) is 0 Å². The van der Waals surface area contributed by atoms with Crippen LogP contribution in [0.15, 0.2) is 42.5 Å². The molecule has 2 aliphatic rings. The Kier molecular flexibility index (Phi) is 8.02. The van der Waals surface area contributed by atoms with Gasteiger partial charge in [0, 0.05) is 54.4 Å². The average molecular weight is 504 g/mol. The van der Waals surface area contributed by atoms with Crippen molar-refractivity contribution in [3.63, 3.8) is 0 Å². The van der Waals surface area contributed by atoms with E-state index in [-0.39, 0.29) is 30.9 Å². The van der Waals surface area contributed by atoms with Crippen LogP contribution in [0.25, 0.3) is 0 Å². The molecule has 182 valence electrons. The van der Waals surface area contributed by atoms with Gasteiger partial charge in [-0.1, -0.05) is 35.3 Å². The molecule has 34 heavy (non-hydrogen) atoms. The number of amides is 2. The smallest absolute Gasteiger partial charge is 0.258 e. The Hall–Kier alpha value is -2.28. The number of benzene rings is 2. The standard InChI is InChI=1S/C26H31Cl2N3O3/c1-30(2)26(33)12-18-11-20(28)7-10-24(18)34-16-25(32)29-21-13-22-8-9-23(14-21)31(22)15-17-3-5-19(27)6-4-17/h3-7,10-11,21-23H,8-9,12-16H2,1-2H3,(H,29,32). The van der Waals surface area contributed by atoms with Crippen molar-refractivity contribution in [1.29, 1.82) is 0 Å². The zero-order valence-electron chi connectivity index (χ0n) is 19.6. The molecule has 1 N–H and O–H groups in total. The van der Waals surface area contributed by atoms with Crippen LogP contribution in [-0.2, 0) is 22.6 Å². The fourth-order valence-corrected chi connectivity index (χ4v) is 5.33. The second kappa shape index (κ2) is 11.0. The van der Waals surface area contributed by atoms with E-state index in [1.165, 1.54) is 10.5 Å². The van der Waals surface area contributed by atoms with E-state index in [4.69, 9.17) is 27.9 Å². The summed E-state index contributed by atoms with van der Waals surface area (Å²) in [6.45, 7) is 0.826. The predicted molar refractivity (Wildman–Crippen MR) is 134 cm³/mol. The van der Waals surface area contributed by atoms with Crippen LogP contribution < -0.4 is 10.1 Å². The maximum atomic E-state index is 12.7. The van der Waals surface area contributed by atoms with Gasteiger partial charge in [0.2, 0.25) is 5.91 Å². The van der Waals surface area contributed by atoms with Gasteiger partial charge in [0.1, 0.15) is 5.75 Å². The van der Waals surface area contributed by atoms with Crippen molar-refractivity contribution < 1.29 is 14.3 Å². The molecule has 0 radical (unpaired) electrons. The molecule has 2 aromatic rings. The van der Waals surface area contributed by atoms with Crippen LogP contribution in [0, 0.1) is 0 Å². The lowest BCUT2D eigenvalue weighted by atomic mass is 9.96. The molecule has 2 aromatic carbocycles. The fourth-order valence-electron chi connectivity index (χ4n) is 5.01. The zero-order valence-corrected chi connectivity index (χ0v) is 21.1. The number of carbonyl (C=O) groups excluding carboxylic acids is 2. The summed E-state index contributed by atoms with van der Waals surface area (Å²) in [6.07, 6.45) is 4.38. The summed E-state index contributed by atoms with van der Waals surface area (Å²) in [4.78, 5) is 28.9. The first-order valence-corrected chi connectivity index (χ1v) is 12.4. The number of piperidine rings is 1. The van der Waals surface area contributed by atoms with Gasteiger partial charge < -0.3 is 15.0 Å². The fraction of sp³-hybridized carbons (Fsp3) is 0.462. The number of ether oxygens (including phenoxy) is 1. The second-order valence-corrected chi connectivity index (χ2v) is 10.3. The number of fused-ring (bicyclic) bond motifs is 2. The Balaban J connectivity index is 1.29. The van der Waals surface area contributed by atoms with Crippen LogP contribution in [0.4, 0.5) is 0 Å². The van der Waals surface area contributed by atoms with E-state index in [1.807, 2.05) is 12.1 Å². The molecule has 0 aliphatic carbocycles. The molecule has 0 saturated carbocycles. The Morgan fingerprint density at radius 1 is 1.03 bits per heavy atom. The third-order valence-corrected chi connectivity index (χ3v) is 7.24. The number of nitrogens with one attached hydrogen (secondary N) is 1. The SMILES string of the molecule is CN(C)C(=O)Cc1cc(Cl)ccc1OCC(=O)NC1CC2CCC(C1)N2Cc1ccc(Cl)cc1. The van der Waals surface area contributed by atoms with Crippen LogP contribution in [0.2, 0.25) is 10.0 Å². The Morgan fingerprint density at radius 3 is 2.32 bits per heavy atom. The summed E-state index contributed by atoms with van der Waals surface area (Å²) in [5.74, 6) is 0.306. The van der Waals surface area contributed by atoms with E-state index < -0.39 is 0 Å². The summed E-state index contributed by atoms with van der Waals surface area (Å²) >= 11 is 12.1. The molecule has 2 saturated heterocycles. The highest BCUT2D eigenvalue weighted by atomic mass is 35.5. The number of carbonyl (C=O) groups is 2. The third kappa shape index (κ3) is 6.23. The lowest BCUT2D eigenvalue weighted by Crippen LogP contribution is -2.50. The molecule has 2 amide bonds. The van der Waals surface area contributed by atoms with Crippen molar-refractivity contribution in [2.24, 2.45) is 0 Å². The molecule has 2 bridgehead atoms. The van der Waals surface area contributed by atoms with E-state index in [0.717, 1.165) is 37.3 Å². The molecule has 2 aliphatic heterocycles. The summed E-state index contributed by atoms with van der Waals surface area (Å²) < 4.78 is 5.79. The minimum atomic E-state index is -0.143. The van der Waals surface area contributed by atoms with Crippen molar-refractivity contribution in [1.82, 2.24) is 15.1 Å². The zero-order chi connectivity index (χ0) is 24.2. The van der Waals surface area contributed by atoms with Gasteiger partial charge in [0.05, 0.1) is 6.42 Å². The summed E-state index contributed by atoms with van der Waals surface area (Å²) in [7, 11) is 3.41. The van der Waals surface area contributed by atoms with Crippen LogP contribution >= 0.6 is 23.2 Å². The average Bonchev–Trinajstić information content (AvgIpc) is 3.02. The number of likely N-dealkylation sites (N-methyl/N-ethyl adjacent to an activating group) is 1. The molecule has 2 atom stereocenters. The highest BCUT2D eigenvalue weighted by Crippen LogP contribution is 2.37. The quantitative estimate of drug-likeness (QED) is 0.582. The van der Waals surface area contributed by atoms with E-state index in [2.05, 4.69) is 22.3 Å². The van der Waals surface area contributed by atoms with E-state index in [1.54, 1.807) is 32.3 Å². The molecule has 2 unspecified atom stereocenters. The minimum absolute atomic E-state index is 0.0580. The van der Waals surface area contributed by atoms with Gasteiger partial charge in [-0.05, 0) is 61.6 Å². The molecule has 8 heteroatoms. The van der Waals surface area contributed by atoms with Crippen LogP contribution in [0.1, 0.15) is 36.8 Å². The van der Waals surface area contributed by atoms with Crippen molar-refractivity contribution in [2.75, 3.05) is 20.7 Å². The number of halogens is 2. The molecule has 6 nitrogen and oxygen atoms in total. The monoisotopic (exact) mass is 503 g/mol. The highest BCUT2D eigenvalue weighted by molar-refractivity contribution is 6.30. The van der Waals surface area contributed by atoms with Gasteiger partial charge in [-0.25, -0.2) is 0 Å². The third-order valence-electron chi connectivity index (χ3n) is 6.75. The summed E-state index contributed by atoms with van der Waals surface area (Å²) in [6, 6.07) is 14.3. The number of hydrogen-bond donors (Lipinski definition) is 1. The molecular weight excluding hydrogens is 473 g/mol. The molecule has 0 spiro atoms. The molecule has 0 aromatic heterocycles. The maximum Gasteiger partial charge on any atom is 0.258 e. The van der Waals surface area contributed by atoms with Crippen LogP contribution in [-0.4, -0.2) is 60.4 Å². The Morgan fingerprint density at radius 2 is 1.68 bits per heavy atom. The molecule has 4 rings (SSSR count). The van der Waals surface area contributed by atoms with E-state index >= 15 is 0 Å². The molecule has 2 fully saturated rings. The van der Waals surface area contributed by atoms with E-state index in [0.29, 0.717) is 28.4 Å². The van der Waals surface area contributed by atoms with Gasteiger partial charge in [-0.15, -0.1) is 0 Å². The van der Waals surface area contributed by atoms with Crippen molar-refractivity contribution in [3.8, 4) is 5.75 Å². The largest absolute Gasteiger partial charge is 0.483 e. The summed E-state index contributed by atoms with van der Waals surface area (Å²) in [5, 5.41) is 4.44. The van der Waals surface area contributed by atoms with E-state index in [9.17, 15) is 9.59 Å². The maximum absolute atomic E-state index is 12.7. The second-order valence-electron chi connectivity index (χ2n) is 9.43. The first-order valence-electron chi connectivity index (χ1n) is 11.7. The topological polar surface area (TPSA) is 61.9 Å². The summed E-state index contributed by atoms with van der Waals surface area (Å²) in [5.41, 5.74) is 1.94. The number of hydrogen-bond acceptors (Lipinski definition) is 4. The van der Waals surface area contributed by atoms with Gasteiger partial charge >= 0.3 is 0 Å².